The summed E-state index contributed by atoms with van der Waals surface area (Å²) in [6.07, 6.45) is 1.29. The van der Waals surface area contributed by atoms with Crippen LogP contribution in [-0.4, -0.2) is 61.8 Å². The quantitative estimate of drug-likeness (QED) is 0.688. The van der Waals surface area contributed by atoms with Gasteiger partial charge in [0.25, 0.3) is 0 Å². The van der Waals surface area contributed by atoms with E-state index in [0.29, 0.717) is 12.1 Å². The second-order valence-corrected chi connectivity index (χ2v) is 5.00. The molecule has 0 aliphatic carbocycles. The molecule has 0 unspecified atom stereocenters. The summed E-state index contributed by atoms with van der Waals surface area (Å²) in [5.74, 6) is 0. The van der Waals surface area contributed by atoms with Gasteiger partial charge in [-0.15, -0.1) is 0 Å². The molecule has 0 aromatic heterocycles. The second kappa shape index (κ2) is 5.83. The van der Waals surface area contributed by atoms with Crippen LogP contribution in [0.1, 0.15) is 27.2 Å². The summed E-state index contributed by atoms with van der Waals surface area (Å²) in [5, 5.41) is 0. The van der Waals surface area contributed by atoms with Crippen molar-refractivity contribution in [3.05, 3.63) is 0 Å². The lowest BCUT2D eigenvalue weighted by atomic mass is 10.1. The Hall–Kier alpha value is -0.120. The minimum absolute atomic E-state index is 0.667. The molecular formula is C12H26N2O. The molecule has 0 saturated carbocycles. The van der Waals surface area contributed by atoms with Gasteiger partial charge in [-0.05, 0) is 34.2 Å². The molecule has 15 heavy (non-hydrogen) atoms. The lowest BCUT2D eigenvalue weighted by Gasteiger charge is -2.26. The SMILES string of the molecule is COCCN(C)[C@@H]1C[C@H](C)N(C(C)C)C1. The smallest absolute Gasteiger partial charge is 0.0589 e. The average Bonchev–Trinajstić information content (AvgIpc) is 2.56. The van der Waals surface area contributed by atoms with Crippen LogP contribution in [-0.2, 0) is 4.74 Å². The van der Waals surface area contributed by atoms with Crippen molar-refractivity contribution in [3.63, 3.8) is 0 Å². The van der Waals surface area contributed by atoms with Crippen molar-refractivity contribution in [2.75, 3.05) is 33.9 Å². The van der Waals surface area contributed by atoms with Crippen LogP contribution in [0.2, 0.25) is 0 Å². The van der Waals surface area contributed by atoms with E-state index in [-0.39, 0.29) is 0 Å². The highest BCUT2D eigenvalue weighted by Crippen LogP contribution is 2.22. The fourth-order valence-electron chi connectivity index (χ4n) is 2.48. The van der Waals surface area contributed by atoms with E-state index < -0.39 is 0 Å². The molecule has 0 aromatic rings. The molecule has 3 nitrogen and oxygen atoms in total. The molecule has 0 spiro atoms. The van der Waals surface area contributed by atoms with E-state index in [1.165, 1.54) is 13.0 Å². The molecular weight excluding hydrogens is 188 g/mol. The van der Waals surface area contributed by atoms with E-state index in [1.54, 1.807) is 7.11 Å². The van der Waals surface area contributed by atoms with E-state index >= 15 is 0 Å². The zero-order valence-electron chi connectivity index (χ0n) is 10.9. The summed E-state index contributed by atoms with van der Waals surface area (Å²) in [6, 6.07) is 2.10. The van der Waals surface area contributed by atoms with Gasteiger partial charge < -0.3 is 4.74 Å². The van der Waals surface area contributed by atoms with Gasteiger partial charge in [-0.25, -0.2) is 0 Å². The number of likely N-dealkylation sites (tertiary alicyclic amines) is 1. The summed E-state index contributed by atoms with van der Waals surface area (Å²) in [6.45, 7) is 9.99. The fraction of sp³-hybridized carbons (Fsp3) is 1.00. The largest absolute Gasteiger partial charge is 0.383 e. The van der Waals surface area contributed by atoms with Crippen LogP contribution in [0.25, 0.3) is 0 Å². The molecule has 1 heterocycles. The van der Waals surface area contributed by atoms with Gasteiger partial charge in [-0.2, -0.15) is 0 Å². The Morgan fingerprint density at radius 2 is 2.13 bits per heavy atom. The number of rotatable bonds is 5. The van der Waals surface area contributed by atoms with Crippen LogP contribution >= 0.6 is 0 Å². The number of hydrogen-bond acceptors (Lipinski definition) is 3. The van der Waals surface area contributed by atoms with Crippen molar-refractivity contribution >= 4 is 0 Å². The monoisotopic (exact) mass is 214 g/mol. The van der Waals surface area contributed by atoms with Crippen LogP contribution in [0.3, 0.4) is 0 Å². The predicted molar refractivity (Wildman–Crippen MR) is 64.2 cm³/mol. The first-order valence-electron chi connectivity index (χ1n) is 6.01. The van der Waals surface area contributed by atoms with E-state index in [2.05, 4.69) is 37.6 Å². The molecule has 3 heteroatoms. The van der Waals surface area contributed by atoms with Crippen LogP contribution in [0.5, 0.6) is 0 Å². The van der Waals surface area contributed by atoms with Gasteiger partial charge in [-0.3, -0.25) is 9.80 Å². The number of hydrogen-bond donors (Lipinski definition) is 0. The molecule has 1 rings (SSSR count). The van der Waals surface area contributed by atoms with Gasteiger partial charge in [0, 0.05) is 38.3 Å². The summed E-state index contributed by atoms with van der Waals surface area (Å²) in [5.41, 5.74) is 0. The second-order valence-electron chi connectivity index (χ2n) is 5.00. The molecule has 0 amide bonds. The molecule has 1 aliphatic rings. The Morgan fingerprint density at radius 1 is 1.47 bits per heavy atom. The standard InChI is InChI=1S/C12H26N2O/c1-10(2)14-9-12(8-11(14)3)13(4)6-7-15-5/h10-12H,6-9H2,1-5H3/t11-,12+/m0/s1. The molecule has 0 bridgehead atoms. The first-order valence-corrected chi connectivity index (χ1v) is 6.01. The topological polar surface area (TPSA) is 15.7 Å². The minimum Gasteiger partial charge on any atom is -0.383 e. The first kappa shape index (κ1) is 12.9. The number of likely N-dealkylation sites (N-methyl/N-ethyl adjacent to an activating group) is 1. The summed E-state index contributed by atoms with van der Waals surface area (Å²) >= 11 is 0. The molecule has 1 fully saturated rings. The van der Waals surface area contributed by atoms with E-state index in [0.717, 1.165) is 19.2 Å². The predicted octanol–water partition coefficient (Wildman–Crippen LogP) is 1.44. The maximum absolute atomic E-state index is 5.12. The van der Waals surface area contributed by atoms with Crippen molar-refractivity contribution in [1.29, 1.82) is 0 Å². The highest BCUT2D eigenvalue weighted by molar-refractivity contribution is 4.89. The van der Waals surface area contributed by atoms with Gasteiger partial charge in [-0.1, -0.05) is 0 Å². The van der Waals surface area contributed by atoms with Crippen LogP contribution in [0, 0.1) is 0 Å². The van der Waals surface area contributed by atoms with Gasteiger partial charge in [0.15, 0.2) is 0 Å². The van der Waals surface area contributed by atoms with Gasteiger partial charge >= 0.3 is 0 Å². The highest BCUT2D eigenvalue weighted by atomic mass is 16.5. The Labute approximate surface area is 94.4 Å². The molecule has 2 atom stereocenters. The van der Waals surface area contributed by atoms with E-state index in [9.17, 15) is 0 Å². The third-order valence-corrected chi connectivity index (χ3v) is 3.54. The number of ether oxygens (including phenoxy) is 1. The summed E-state index contributed by atoms with van der Waals surface area (Å²) in [4.78, 5) is 5.02. The molecule has 0 aromatic carbocycles. The zero-order valence-corrected chi connectivity index (χ0v) is 10.9. The fourth-order valence-corrected chi connectivity index (χ4v) is 2.48. The summed E-state index contributed by atoms with van der Waals surface area (Å²) < 4.78 is 5.12. The summed E-state index contributed by atoms with van der Waals surface area (Å²) in [7, 11) is 3.98. The third kappa shape index (κ3) is 3.44. The van der Waals surface area contributed by atoms with Crippen molar-refractivity contribution in [1.82, 2.24) is 9.80 Å². The lowest BCUT2D eigenvalue weighted by molar-refractivity contribution is 0.136. The molecule has 1 aliphatic heterocycles. The maximum Gasteiger partial charge on any atom is 0.0589 e. The third-order valence-electron chi connectivity index (χ3n) is 3.54. The number of methoxy groups -OCH3 is 1. The Morgan fingerprint density at radius 3 is 2.60 bits per heavy atom. The number of nitrogens with zero attached hydrogens (tertiary/aromatic N) is 2. The highest BCUT2D eigenvalue weighted by Gasteiger charge is 2.32. The average molecular weight is 214 g/mol. The minimum atomic E-state index is 0.667. The molecule has 90 valence electrons. The normalized spacial score (nSPS) is 28.2. The molecule has 1 saturated heterocycles. The zero-order chi connectivity index (χ0) is 11.4. The lowest BCUT2D eigenvalue weighted by Crippen LogP contribution is -2.38. The van der Waals surface area contributed by atoms with E-state index in [1.807, 2.05) is 0 Å². The van der Waals surface area contributed by atoms with Crippen molar-refractivity contribution in [2.45, 2.75) is 45.3 Å². The van der Waals surface area contributed by atoms with Crippen LogP contribution < -0.4 is 0 Å². The van der Waals surface area contributed by atoms with Gasteiger partial charge in [0.2, 0.25) is 0 Å². The van der Waals surface area contributed by atoms with E-state index in [4.69, 9.17) is 4.74 Å². The van der Waals surface area contributed by atoms with Crippen molar-refractivity contribution in [3.8, 4) is 0 Å². The first-order chi connectivity index (χ1) is 7.06. The Bertz CT molecular complexity index is 184. The molecule has 0 N–H and O–H groups in total. The van der Waals surface area contributed by atoms with Gasteiger partial charge in [0.05, 0.1) is 6.61 Å². The van der Waals surface area contributed by atoms with Crippen molar-refractivity contribution in [2.24, 2.45) is 0 Å². The van der Waals surface area contributed by atoms with Crippen LogP contribution in [0.4, 0.5) is 0 Å². The van der Waals surface area contributed by atoms with Crippen LogP contribution in [0.15, 0.2) is 0 Å². The maximum atomic E-state index is 5.12. The molecule has 0 radical (unpaired) electrons. The van der Waals surface area contributed by atoms with Gasteiger partial charge in [0.1, 0.15) is 0 Å². The van der Waals surface area contributed by atoms with Crippen molar-refractivity contribution < 1.29 is 4.74 Å². The Balaban J connectivity index is 2.39. The Kier molecular flexibility index (Phi) is 5.03.